The van der Waals surface area contributed by atoms with Gasteiger partial charge in [-0.05, 0) is 43.4 Å². The number of nitrogens with zero attached hydrogens (tertiary/aromatic N) is 2. The van der Waals surface area contributed by atoms with E-state index in [1.165, 1.54) is 0 Å². The van der Waals surface area contributed by atoms with Gasteiger partial charge in [0.1, 0.15) is 6.04 Å². The number of hydrogen-bond acceptors (Lipinski definition) is 4. The molecule has 2 heterocycles. The highest BCUT2D eigenvalue weighted by molar-refractivity contribution is 5.85. The fraction of sp³-hybridized carbons (Fsp3) is 0.591. The highest BCUT2D eigenvalue weighted by Crippen LogP contribution is 2.32. The van der Waals surface area contributed by atoms with Crippen LogP contribution in [0.5, 0.6) is 0 Å². The van der Waals surface area contributed by atoms with Crippen LogP contribution in [0.15, 0.2) is 18.2 Å². The van der Waals surface area contributed by atoms with E-state index in [0.29, 0.717) is 38.9 Å². The zero-order valence-corrected chi connectivity index (χ0v) is 18.1. The van der Waals surface area contributed by atoms with Crippen molar-refractivity contribution in [3.8, 4) is 0 Å². The van der Waals surface area contributed by atoms with Gasteiger partial charge in [-0.1, -0.05) is 12.1 Å². The number of likely N-dealkylation sites (tertiary alicyclic amines) is 1. The van der Waals surface area contributed by atoms with Crippen molar-refractivity contribution in [3.05, 3.63) is 29.3 Å². The van der Waals surface area contributed by atoms with Gasteiger partial charge in [0.05, 0.1) is 6.54 Å². The second-order valence-electron chi connectivity index (χ2n) is 8.14. The first-order valence-electron chi connectivity index (χ1n) is 11.0. The standard InChI is InChI=1S/C22H29F3N4O3/c1-2-28-14-16-12-15(5-7-17(16)26-10-9-20(28)31)6-8-19(30)27-13-21(32)29-11-3-4-18(29)22(23,24)25/h5,7,12,18,26H,2-4,6,8-11,13-14H2,1H3,(H,27,30). The number of alkyl halides is 3. The molecule has 0 bridgehead atoms. The lowest BCUT2D eigenvalue weighted by Gasteiger charge is -2.26. The molecule has 1 fully saturated rings. The van der Waals surface area contributed by atoms with Crippen LogP contribution in [0.1, 0.15) is 43.7 Å². The largest absolute Gasteiger partial charge is 0.408 e. The number of carbonyl (C=O) groups excluding carboxylic acids is 3. The van der Waals surface area contributed by atoms with Crippen molar-refractivity contribution in [2.75, 3.05) is 31.5 Å². The first-order chi connectivity index (χ1) is 15.2. The highest BCUT2D eigenvalue weighted by atomic mass is 19.4. The van der Waals surface area contributed by atoms with Crippen molar-refractivity contribution in [3.63, 3.8) is 0 Å². The third-order valence-corrected chi connectivity index (χ3v) is 5.95. The van der Waals surface area contributed by atoms with E-state index in [0.717, 1.165) is 21.7 Å². The second-order valence-corrected chi connectivity index (χ2v) is 8.14. The maximum absolute atomic E-state index is 13.0. The summed E-state index contributed by atoms with van der Waals surface area (Å²) >= 11 is 0. The molecule has 1 atom stereocenters. The van der Waals surface area contributed by atoms with Crippen molar-refractivity contribution in [1.29, 1.82) is 0 Å². The molecule has 2 aliphatic rings. The first-order valence-corrected chi connectivity index (χ1v) is 11.0. The van der Waals surface area contributed by atoms with Crippen LogP contribution >= 0.6 is 0 Å². The molecule has 1 aromatic carbocycles. The summed E-state index contributed by atoms with van der Waals surface area (Å²) in [6.07, 6.45) is -3.28. The Morgan fingerprint density at radius 2 is 2.06 bits per heavy atom. The molecule has 0 radical (unpaired) electrons. The Morgan fingerprint density at radius 1 is 1.28 bits per heavy atom. The predicted molar refractivity (Wildman–Crippen MR) is 113 cm³/mol. The summed E-state index contributed by atoms with van der Waals surface area (Å²) in [5, 5.41) is 5.70. The monoisotopic (exact) mass is 454 g/mol. The maximum atomic E-state index is 13.0. The summed E-state index contributed by atoms with van der Waals surface area (Å²) < 4.78 is 39.0. The number of nitrogens with one attached hydrogen (secondary N) is 2. The van der Waals surface area contributed by atoms with Crippen LogP contribution < -0.4 is 10.6 Å². The summed E-state index contributed by atoms with van der Waals surface area (Å²) in [6.45, 7) is 3.21. The van der Waals surface area contributed by atoms with E-state index in [-0.39, 0.29) is 25.3 Å². The Kier molecular flexibility index (Phi) is 7.63. The number of benzene rings is 1. The minimum absolute atomic E-state index is 0.0549. The van der Waals surface area contributed by atoms with E-state index in [4.69, 9.17) is 0 Å². The Balaban J connectivity index is 1.52. The lowest BCUT2D eigenvalue weighted by molar-refractivity contribution is -0.182. The normalized spacial score (nSPS) is 19.1. The van der Waals surface area contributed by atoms with E-state index < -0.39 is 30.6 Å². The fourth-order valence-electron chi connectivity index (χ4n) is 4.18. The summed E-state index contributed by atoms with van der Waals surface area (Å²) in [4.78, 5) is 39.1. The van der Waals surface area contributed by atoms with Gasteiger partial charge in [-0.25, -0.2) is 0 Å². The summed E-state index contributed by atoms with van der Waals surface area (Å²) in [5.74, 6) is -1.02. The van der Waals surface area contributed by atoms with Gasteiger partial charge >= 0.3 is 6.18 Å². The van der Waals surface area contributed by atoms with E-state index in [9.17, 15) is 27.6 Å². The number of aryl methyl sites for hydroxylation is 1. The van der Waals surface area contributed by atoms with Crippen LogP contribution in [0.4, 0.5) is 18.9 Å². The van der Waals surface area contributed by atoms with Crippen LogP contribution in [-0.2, 0) is 27.3 Å². The maximum Gasteiger partial charge on any atom is 0.408 e. The number of anilines is 1. The number of carbonyl (C=O) groups is 3. The predicted octanol–water partition coefficient (Wildman–Crippen LogP) is 2.45. The number of halogens is 3. The second kappa shape index (κ2) is 10.2. The van der Waals surface area contributed by atoms with Crippen LogP contribution in [0.2, 0.25) is 0 Å². The van der Waals surface area contributed by atoms with E-state index in [1.807, 2.05) is 25.1 Å². The smallest absolute Gasteiger partial charge is 0.384 e. The molecule has 3 rings (SSSR count). The van der Waals surface area contributed by atoms with Crippen LogP contribution in [0.3, 0.4) is 0 Å². The minimum atomic E-state index is -4.45. The SMILES string of the molecule is CCN1Cc2cc(CCC(=O)NCC(=O)N3CCCC3C(F)(F)F)ccc2NCCC1=O. The number of hydrogen-bond donors (Lipinski definition) is 2. The molecule has 10 heteroatoms. The van der Waals surface area contributed by atoms with Crippen molar-refractivity contribution < 1.29 is 27.6 Å². The summed E-state index contributed by atoms with van der Waals surface area (Å²) in [6, 6.07) is 4.03. The average molecular weight is 454 g/mol. The van der Waals surface area contributed by atoms with E-state index in [1.54, 1.807) is 4.90 Å². The number of fused-ring (bicyclic) bond motifs is 1. The lowest BCUT2D eigenvalue weighted by Crippen LogP contribution is -2.48. The molecule has 7 nitrogen and oxygen atoms in total. The van der Waals surface area contributed by atoms with Crippen molar-refractivity contribution >= 4 is 23.4 Å². The molecule has 2 N–H and O–H groups in total. The summed E-state index contributed by atoms with van der Waals surface area (Å²) in [5.41, 5.74) is 2.84. The third-order valence-electron chi connectivity index (χ3n) is 5.95. The van der Waals surface area contributed by atoms with Gasteiger partial charge in [-0.3, -0.25) is 14.4 Å². The van der Waals surface area contributed by atoms with Crippen molar-refractivity contribution in [1.82, 2.24) is 15.1 Å². The van der Waals surface area contributed by atoms with Crippen LogP contribution in [-0.4, -0.2) is 65.9 Å². The zero-order valence-electron chi connectivity index (χ0n) is 18.1. The van der Waals surface area contributed by atoms with E-state index in [2.05, 4.69) is 10.6 Å². The van der Waals surface area contributed by atoms with Crippen molar-refractivity contribution in [2.24, 2.45) is 0 Å². The van der Waals surface area contributed by atoms with Crippen molar-refractivity contribution in [2.45, 2.75) is 57.8 Å². The Bertz CT molecular complexity index is 859. The first kappa shape index (κ1) is 23.9. The van der Waals surface area contributed by atoms with E-state index >= 15 is 0 Å². The molecule has 0 aliphatic carbocycles. The Morgan fingerprint density at radius 3 is 2.78 bits per heavy atom. The molecule has 1 aromatic rings. The third kappa shape index (κ3) is 5.92. The molecule has 0 saturated carbocycles. The molecular formula is C22H29F3N4O3. The molecule has 32 heavy (non-hydrogen) atoms. The number of amides is 3. The van der Waals surface area contributed by atoms with Gasteiger partial charge in [0.2, 0.25) is 17.7 Å². The Hall–Kier alpha value is -2.78. The average Bonchev–Trinajstić information content (AvgIpc) is 3.24. The van der Waals surface area contributed by atoms with Crippen LogP contribution in [0, 0.1) is 0 Å². The highest BCUT2D eigenvalue weighted by Gasteiger charge is 2.47. The minimum Gasteiger partial charge on any atom is -0.384 e. The van der Waals surface area contributed by atoms with Gasteiger partial charge in [0.25, 0.3) is 0 Å². The molecule has 0 spiro atoms. The van der Waals surface area contributed by atoms with Gasteiger partial charge in [0.15, 0.2) is 0 Å². The molecule has 176 valence electrons. The quantitative estimate of drug-likeness (QED) is 0.692. The van der Waals surface area contributed by atoms with Gasteiger partial charge < -0.3 is 20.4 Å². The van der Waals surface area contributed by atoms with Gasteiger partial charge in [-0.2, -0.15) is 13.2 Å². The number of rotatable bonds is 6. The molecule has 1 saturated heterocycles. The molecular weight excluding hydrogens is 425 g/mol. The van der Waals surface area contributed by atoms with Gasteiger partial charge in [-0.15, -0.1) is 0 Å². The summed E-state index contributed by atoms with van der Waals surface area (Å²) in [7, 11) is 0. The Labute approximate surface area is 185 Å². The zero-order chi connectivity index (χ0) is 23.3. The topological polar surface area (TPSA) is 81.8 Å². The molecule has 0 aromatic heterocycles. The van der Waals surface area contributed by atoms with Crippen LogP contribution in [0.25, 0.3) is 0 Å². The lowest BCUT2D eigenvalue weighted by atomic mass is 10.0. The molecule has 1 unspecified atom stereocenters. The van der Waals surface area contributed by atoms with Gasteiger partial charge in [0, 0.05) is 44.7 Å². The molecule has 2 aliphatic heterocycles. The fourth-order valence-corrected chi connectivity index (χ4v) is 4.18. The molecule has 3 amide bonds.